The number of aromatic nitrogens is 2. The Kier molecular flexibility index (Phi) is 6.09. The Morgan fingerprint density at radius 2 is 2.00 bits per heavy atom. The van der Waals surface area contributed by atoms with Crippen LogP contribution >= 0.6 is 11.8 Å². The SMILES string of the molecule is COc1ccc(-c2nnc(SC(C)CCCO)o2)cc1OC. The van der Waals surface area contributed by atoms with Gasteiger partial charge in [0.15, 0.2) is 11.5 Å². The predicted octanol–water partition coefficient (Wildman–Crippen LogP) is 3.01. The first-order valence-corrected chi connectivity index (χ1v) is 7.89. The summed E-state index contributed by atoms with van der Waals surface area (Å²) in [6.45, 7) is 2.27. The van der Waals surface area contributed by atoms with E-state index in [1.165, 1.54) is 11.8 Å². The van der Waals surface area contributed by atoms with Crippen molar-refractivity contribution in [1.29, 1.82) is 0 Å². The summed E-state index contributed by atoms with van der Waals surface area (Å²) in [7, 11) is 3.17. The standard InChI is InChI=1S/C15H20N2O4S/c1-10(5-4-8-18)22-15-17-16-14(21-15)11-6-7-12(19-2)13(9-11)20-3/h6-7,9-10,18H,4-5,8H2,1-3H3. The monoisotopic (exact) mass is 324 g/mol. The van der Waals surface area contributed by atoms with Crippen molar-refractivity contribution in [3.63, 3.8) is 0 Å². The van der Waals surface area contributed by atoms with E-state index in [1.54, 1.807) is 26.4 Å². The summed E-state index contributed by atoms with van der Waals surface area (Å²) in [5, 5.41) is 17.8. The number of aliphatic hydroxyl groups is 1. The molecule has 6 nitrogen and oxygen atoms in total. The molecule has 0 aliphatic rings. The van der Waals surface area contributed by atoms with Gasteiger partial charge >= 0.3 is 0 Å². The maximum absolute atomic E-state index is 8.84. The number of ether oxygens (including phenoxy) is 2. The molecule has 0 saturated heterocycles. The Hall–Kier alpha value is -1.73. The molecule has 2 aromatic rings. The Balaban J connectivity index is 2.11. The van der Waals surface area contributed by atoms with Crippen molar-refractivity contribution in [2.75, 3.05) is 20.8 Å². The third kappa shape index (κ3) is 4.14. The largest absolute Gasteiger partial charge is 0.493 e. The molecule has 0 aliphatic heterocycles. The van der Waals surface area contributed by atoms with Gasteiger partial charge in [-0.3, -0.25) is 0 Å². The van der Waals surface area contributed by atoms with Crippen LogP contribution in [0.2, 0.25) is 0 Å². The second-order valence-electron chi connectivity index (χ2n) is 4.74. The fourth-order valence-electron chi connectivity index (χ4n) is 1.95. The molecule has 2 rings (SSSR count). The van der Waals surface area contributed by atoms with Crippen molar-refractivity contribution in [2.24, 2.45) is 0 Å². The van der Waals surface area contributed by atoms with Gasteiger partial charge in [0.25, 0.3) is 5.22 Å². The summed E-state index contributed by atoms with van der Waals surface area (Å²) < 4.78 is 16.2. The number of nitrogens with zero attached hydrogens (tertiary/aromatic N) is 2. The number of hydrogen-bond donors (Lipinski definition) is 1. The molecule has 120 valence electrons. The molecule has 0 radical (unpaired) electrons. The average Bonchev–Trinajstić information content (AvgIpc) is 3.00. The summed E-state index contributed by atoms with van der Waals surface area (Å²) in [6.07, 6.45) is 1.67. The summed E-state index contributed by atoms with van der Waals surface area (Å²) in [6, 6.07) is 5.45. The maximum Gasteiger partial charge on any atom is 0.277 e. The van der Waals surface area contributed by atoms with Gasteiger partial charge in [-0.15, -0.1) is 10.2 Å². The van der Waals surface area contributed by atoms with Crippen LogP contribution in [0.15, 0.2) is 27.8 Å². The van der Waals surface area contributed by atoms with E-state index in [4.69, 9.17) is 19.0 Å². The molecule has 1 atom stereocenters. The second kappa shape index (κ2) is 8.05. The van der Waals surface area contributed by atoms with Crippen LogP contribution in [-0.2, 0) is 0 Å². The molecule has 7 heteroatoms. The number of hydrogen-bond acceptors (Lipinski definition) is 7. The Morgan fingerprint density at radius 1 is 1.23 bits per heavy atom. The fraction of sp³-hybridized carbons (Fsp3) is 0.467. The van der Waals surface area contributed by atoms with Gasteiger partial charge in [0.2, 0.25) is 5.89 Å². The summed E-state index contributed by atoms with van der Waals surface area (Å²) >= 11 is 1.51. The Labute approximate surface area is 133 Å². The van der Waals surface area contributed by atoms with Crippen molar-refractivity contribution < 1.29 is 19.0 Å². The van der Waals surface area contributed by atoms with E-state index in [0.717, 1.165) is 18.4 Å². The smallest absolute Gasteiger partial charge is 0.277 e. The zero-order chi connectivity index (χ0) is 15.9. The highest BCUT2D eigenvalue weighted by Gasteiger charge is 2.14. The van der Waals surface area contributed by atoms with Gasteiger partial charge < -0.3 is 19.0 Å². The molecule has 1 aromatic heterocycles. The quantitative estimate of drug-likeness (QED) is 0.748. The Bertz CT molecular complexity index is 603. The van der Waals surface area contributed by atoms with Crippen LogP contribution in [0.25, 0.3) is 11.5 Å². The minimum absolute atomic E-state index is 0.200. The van der Waals surface area contributed by atoms with Crippen molar-refractivity contribution in [1.82, 2.24) is 10.2 Å². The minimum atomic E-state index is 0.200. The van der Waals surface area contributed by atoms with Crippen LogP contribution in [0.5, 0.6) is 11.5 Å². The number of methoxy groups -OCH3 is 2. The normalized spacial score (nSPS) is 12.2. The summed E-state index contributed by atoms with van der Waals surface area (Å²) in [4.78, 5) is 0. The van der Waals surface area contributed by atoms with Crippen LogP contribution in [0.4, 0.5) is 0 Å². The average molecular weight is 324 g/mol. The third-order valence-corrected chi connectivity index (χ3v) is 4.11. The van der Waals surface area contributed by atoms with E-state index >= 15 is 0 Å². The van der Waals surface area contributed by atoms with Gasteiger partial charge in [-0.05, 0) is 31.0 Å². The van der Waals surface area contributed by atoms with E-state index in [2.05, 4.69) is 17.1 Å². The lowest BCUT2D eigenvalue weighted by atomic mass is 10.2. The van der Waals surface area contributed by atoms with E-state index in [-0.39, 0.29) is 6.61 Å². The molecular weight excluding hydrogens is 304 g/mol. The minimum Gasteiger partial charge on any atom is -0.493 e. The molecule has 0 fully saturated rings. The zero-order valence-electron chi connectivity index (χ0n) is 12.9. The summed E-state index contributed by atoms with van der Waals surface area (Å²) in [5.74, 6) is 1.71. The van der Waals surface area contributed by atoms with Gasteiger partial charge in [-0.2, -0.15) is 0 Å². The topological polar surface area (TPSA) is 77.6 Å². The van der Waals surface area contributed by atoms with Crippen LogP contribution in [-0.4, -0.2) is 41.4 Å². The van der Waals surface area contributed by atoms with Crippen LogP contribution in [0.1, 0.15) is 19.8 Å². The first-order chi connectivity index (χ1) is 10.7. The van der Waals surface area contributed by atoms with Gasteiger partial charge in [0.1, 0.15) is 0 Å². The molecule has 0 bridgehead atoms. The second-order valence-corrected chi connectivity index (χ2v) is 6.13. The predicted molar refractivity (Wildman–Crippen MR) is 84.5 cm³/mol. The number of aliphatic hydroxyl groups excluding tert-OH is 1. The highest BCUT2D eigenvalue weighted by atomic mass is 32.2. The van der Waals surface area contributed by atoms with E-state index in [1.807, 2.05) is 6.07 Å². The van der Waals surface area contributed by atoms with Crippen LogP contribution in [0.3, 0.4) is 0 Å². The number of benzene rings is 1. The molecule has 1 unspecified atom stereocenters. The van der Waals surface area contributed by atoms with E-state index in [9.17, 15) is 0 Å². The fourth-order valence-corrected chi connectivity index (χ4v) is 2.80. The first-order valence-electron chi connectivity index (χ1n) is 7.01. The van der Waals surface area contributed by atoms with Crippen molar-refractivity contribution >= 4 is 11.8 Å². The highest BCUT2D eigenvalue weighted by Crippen LogP contribution is 2.33. The lowest BCUT2D eigenvalue weighted by Crippen LogP contribution is -1.97. The van der Waals surface area contributed by atoms with Crippen LogP contribution in [0, 0.1) is 0 Å². The van der Waals surface area contributed by atoms with E-state index < -0.39 is 0 Å². The van der Waals surface area contributed by atoms with Gasteiger partial charge in [0.05, 0.1) is 14.2 Å². The molecule has 1 N–H and O–H groups in total. The highest BCUT2D eigenvalue weighted by molar-refractivity contribution is 7.99. The van der Waals surface area contributed by atoms with Crippen molar-refractivity contribution in [3.8, 4) is 23.0 Å². The molecule has 0 saturated carbocycles. The molecule has 22 heavy (non-hydrogen) atoms. The lowest BCUT2D eigenvalue weighted by molar-refractivity contribution is 0.284. The van der Waals surface area contributed by atoms with Gasteiger partial charge in [0, 0.05) is 17.4 Å². The Morgan fingerprint density at radius 3 is 2.68 bits per heavy atom. The van der Waals surface area contributed by atoms with Gasteiger partial charge in [-0.25, -0.2) is 0 Å². The van der Waals surface area contributed by atoms with Crippen LogP contribution < -0.4 is 9.47 Å². The summed E-state index contributed by atoms with van der Waals surface area (Å²) in [5.41, 5.74) is 0.778. The molecular formula is C15H20N2O4S. The molecule has 0 aliphatic carbocycles. The molecule has 1 heterocycles. The molecule has 1 aromatic carbocycles. The van der Waals surface area contributed by atoms with Crippen molar-refractivity contribution in [3.05, 3.63) is 18.2 Å². The number of thioether (sulfide) groups is 1. The van der Waals surface area contributed by atoms with Gasteiger partial charge in [-0.1, -0.05) is 18.7 Å². The van der Waals surface area contributed by atoms with E-state index in [0.29, 0.717) is 27.9 Å². The third-order valence-electron chi connectivity index (χ3n) is 3.11. The number of rotatable bonds is 8. The first kappa shape index (κ1) is 16.6. The molecule has 0 spiro atoms. The molecule has 0 amide bonds. The zero-order valence-corrected chi connectivity index (χ0v) is 13.7. The van der Waals surface area contributed by atoms with Crippen molar-refractivity contribution in [2.45, 2.75) is 30.2 Å². The maximum atomic E-state index is 8.84. The lowest BCUT2D eigenvalue weighted by Gasteiger charge is -2.07.